The second kappa shape index (κ2) is 7.83. The van der Waals surface area contributed by atoms with Gasteiger partial charge in [-0.3, -0.25) is 4.79 Å². The van der Waals surface area contributed by atoms with Crippen molar-refractivity contribution in [1.29, 1.82) is 0 Å². The fourth-order valence-electron chi connectivity index (χ4n) is 1.98. The zero-order chi connectivity index (χ0) is 15.2. The van der Waals surface area contributed by atoms with E-state index >= 15 is 0 Å². The first-order valence-electron chi connectivity index (χ1n) is 6.52. The van der Waals surface area contributed by atoms with Crippen LogP contribution >= 0.6 is 39.1 Å². The van der Waals surface area contributed by atoms with Crippen LogP contribution in [0.15, 0.2) is 42.5 Å². The molecule has 1 amide bonds. The third kappa shape index (κ3) is 4.47. The predicted molar refractivity (Wildman–Crippen MR) is 93.0 cm³/mol. The normalized spacial score (nSPS) is 10.4. The van der Waals surface area contributed by atoms with E-state index in [0.717, 1.165) is 23.9 Å². The van der Waals surface area contributed by atoms with Gasteiger partial charge in [0.2, 0.25) is 0 Å². The van der Waals surface area contributed by atoms with Crippen LogP contribution in [0.2, 0.25) is 10.0 Å². The standard InChI is InChI=1S/C16H14BrCl2NO/c17-9-3-5-11-4-1-6-12(10-11)20-16(21)15-13(18)7-2-8-14(15)19/h1-2,4,6-8,10H,3,5,9H2,(H,20,21). The van der Waals surface area contributed by atoms with E-state index in [1.54, 1.807) is 18.2 Å². The summed E-state index contributed by atoms with van der Waals surface area (Å²) in [6.45, 7) is 0. The van der Waals surface area contributed by atoms with Crippen LogP contribution in [0.5, 0.6) is 0 Å². The van der Waals surface area contributed by atoms with Gasteiger partial charge in [0.1, 0.15) is 0 Å². The molecular weight excluding hydrogens is 373 g/mol. The number of hydrogen-bond donors (Lipinski definition) is 1. The Balaban J connectivity index is 2.16. The van der Waals surface area contributed by atoms with E-state index in [1.807, 2.05) is 24.3 Å². The Morgan fingerprint density at radius 2 is 1.76 bits per heavy atom. The number of benzene rings is 2. The number of carbonyl (C=O) groups excluding carboxylic acids is 1. The minimum absolute atomic E-state index is 0.298. The highest BCUT2D eigenvalue weighted by Gasteiger charge is 2.14. The van der Waals surface area contributed by atoms with Crippen molar-refractivity contribution in [2.24, 2.45) is 0 Å². The molecule has 0 aliphatic carbocycles. The lowest BCUT2D eigenvalue weighted by molar-refractivity contribution is 0.102. The first-order chi connectivity index (χ1) is 10.1. The molecule has 0 radical (unpaired) electrons. The fourth-order valence-corrected chi connectivity index (χ4v) is 2.83. The lowest BCUT2D eigenvalue weighted by Crippen LogP contribution is -2.13. The lowest BCUT2D eigenvalue weighted by atomic mass is 10.1. The molecular formula is C16H14BrCl2NO. The molecule has 2 nitrogen and oxygen atoms in total. The average Bonchev–Trinajstić information content (AvgIpc) is 2.45. The van der Waals surface area contributed by atoms with Gasteiger partial charge in [0.05, 0.1) is 15.6 Å². The molecule has 5 heteroatoms. The van der Waals surface area contributed by atoms with E-state index in [9.17, 15) is 4.79 Å². The second-order valence-electron chi connectivity index (χ2n) is 4.54. The minimum Gasteiger partial charge on any atom is -0.322 e. The molecule has 1 N–H and O–H groups in total. The van der Waals surface area contributed by atoms with Crippen LogP contribution in [0.25, 0.3) is 0 Å². The van der Waals surface area contributed by atoms with Crippen molar-refractivity contribution < 1.29 is 4.79 Å². The van der Waals surface area contributed by atoms with Crippen molar-refractivity contribution in [1.82, 2.24) is 0 Å². The van der Waals surface area contributed by atoms with Crippen molar-refractivity contribution in [2.75, 3.05) is 10.6 Å². The number of nitrogens with one attached hydrogen (secondary N) is 1. The highest BCUT2D eigenvalue weighted by atomic mass is 79.9. The molecule has 110 valence electrons. The third-order valence-electron chi connectivity index (χ3n) is 2.97. The second-order valence-corrected chi connectivity index (χ2v) is 6.15. The van der Waals surface area contributed by atoms with Gasteiger partial charge in [-0.2, -0.15) is 0 Å². The van der Waals surface area contributed by atoms with Crippen LogP contribution in [0, 0.1) is 0 Å². The van der Waals surface area contributed by atoms with Crippen LogP contribution in [-0.2, 0) is 6.42 Å². The fraction of sp³-hybridized carbons (Fsp3) is 0.188. The minimum atomic E-state index is -0.303. The first-order valence-corrected chi connectivity index (χ1v) is 8.40. The summed E-state index contributed by atoms with van der Waals surface area (Å²) in [6.07, 6.45) is 2.01. The molecule has 21 heavy (non-hydrogen) atoms. The smallest absolute Gasteiger partial charge is 0.258 e. The topological polar surface area (TPSA) is 29.1 Å². The molecule has 2 aromatic rings. The summed E-state index contributed by atoms with van der Waals surface area (Å²) in [5.74, 6) is -0.303. The number of carbonyl (C=O) groups is 1. The number of anilines is 1. The molecule has 0 aliphatic heterocycles. The molecule has 0 heterocycles. The highest BCUT2D eigenvalue weighted by molar-refractivity contribution is 9.09. The Bertz CT molecular complexity index is 626. The number of alkyl halides is 1. The molecule has 0 saturated heterocycles. The van der Waals surface area contributed by atoms with Crippen LogP contribution in [0.1, 0.15) is 22.3 Å². The summed E-state index contributed by atoms with van der Waals surface area (Å²) in [6, 6.07) is 12.8. The van der Waals surface area contributed by atoms with Crippen LogP contribution in [0.4, 0.5) is 5.69 Å². The van der Waals surface area contributed by atoms with Gasteiger partial charge >= 0.3 is 0 Å². The number of rotatable bonds is 5. The zero-order valence-corrected chi connectivity index (χ0v) is 14.3. The lowest BCUT2D eigenvalue weighted by Gasteiger charge is -2.09. The monoisotopic (exact) mass is 385 g/mol. The summed E-state index contributed by atoms with van der Waals surface area (Å²) in [7, 11) is 0. The SMILES string of the molecule is O=C(Nc1cccc(CCCBr)c1)c1c(Cl)cccc1Cl. The van der Waals surface area contributed by atoms with E-state index in [2.05, 4.69) is 21.2 Å². The summed E-state index contributed by atoms with van der Waals surface area (Å²) in [5, 5.41) is 4.48. The van der Waals surface area contributed by atoms with Gasteiger partial charge in [0.15, 0.2) is 0 Å². The molecule has 0 bridgehead atoms. The Labute approximate surface area is 142 Å². The largest absolute Gasteiger partial charge is 0.322 e. The summed E-state index contributed by atoms with van der Waals surface area (Å²) < 4.78 is 0. The Morgan fingerprint density at radius 3 is 2.43 bits per heavy atom. The number of amides is 1. The highest BCUT2D eigenvalue weighted by Crippen LogP contribution is 2.25. The van der Waals surface area contributed by atoms with Crippen LogP contribution in [0.3, 0.4) is 0 Å². The Kier molecular flexibility index (Phi) is 6.09. The Hall–Kier alpha value is -1.03. The maximum absolute atomic E-state index is 12.3. The van der Waals surface area contributed by atoms with Gasteiger partial charge in [-0.05, 0) is 42.7 Å². The van der Waals surface area contributed by atoms with E-state index < -0.39 is 0 Å². The summed E-state index contributed by atoms with van der Waals surface area (Å²) >= 11 is 15.5. The van der Waals surface area contributed by atoms with Gasteiger partial charge in [0.25, 0.3) is 5.91 Å². The molecule has 0 aromatic heterocycles. The molecule has 2 aromatic carbocycles. The predicted octanol–water partition coefficient (Wildman–Crippen LogP) is 5.57. The van der Waals surface area contributed by atoms with Crippen LogP contribution in [-0.4, -0.2) is 11.2 Å². The first kappa shape index (κ1) is 16.3. The van der Waals surface area contributed by atoms with Crippen LogP contribution < -0.4 is 5.32 Å². The van der Waals surface area contributed by atoms with Gasteiger partial charge in [0, 0.05) is 11.0 Å². The van der Waals surface area contributed by atoms with E-state index in [4.69, 9.17) is 23.2 Å². The molecule has 0 spiro atoms. The van der Waals surface area contributed by atoms with Gasteiger partial charge in [-0.15, -0.1) is 0 Å². The third-order valence-corrected chi connectivity index (χ3v) is 4.16. The Morgan fingerprint density at radius 1 is 1.10 bits per heavy atom. The molecule has 2 rings (SSSR count). The number of halogens is 3. The summed E-state index contributed by atoms with van der Waals surface area (Å²) in [4.78, 5) is 12.3. The number of aryl methyl sites for hydroxylation is 1. The van der Waals surface area contributed by atoms with E-state index in [-0.39, 0.29) is 5.91 Å². The summed E-state index contributed by atoms with van der Waals surface area (Å²) in [5.41, 5.74) is 2.22. The van der Waals surface area contributed by atoms with E-state index in [0.29, 0.717) is 15.6 Å². The van der Waals surface area contributed by atoms with Crippen molar-refractivity contribution in [3.63, 3.8) is 0 Å². The molecule has 0 saturated carbocycles. The van der Waals surface area contributed by atoms with E-state index in [1.165, 1.54) is 5.56 Å². The van der Waals surface area contributed by atoms with Gasteiger partial charge in [-0.25, -0.2) is 0 Å². The van der Waals surface area contributed by atoms with Gasteiger partial charge < -0.3 is 5.32 Å². The molecule has 0 aliphatic rings. The van der Waals surface area contributed by atoms with Crippen molar-refractivity contribution >= 4 is 50.7 Å². The van der Waals surface area contributed by atoms with Gasteiger partial charge in [-0.1, -0.05) is 57.3 Å². The molecule has 0 atom stereocenters. The maximum atomic E-state index is 12.3. The molecule has 0 fully saturated rings. The van der Waals surface area contributed by atoms with Crippen molar-refractivity contribution in [2.45, 2.75) is 12.8 Å². The van der Waals surface area contributed by atoms with Crippen molar-refractivity contribution in [3.05, 3.63) is 63.6 Å². The van der Waals surface area contributed by atoms with Crippen molar-refractivity contribution in [3.8, 4) is 0 Å². The maximum Gasteiger partial charge on any atom is 0.258 e. The number of hydrogen-bond acceptors (Lipinski definition) is 1. The molecule has 0 unspecified atom stereocenters. The average molecular weight is 387 g/mol. The zero-order valence-electron chi connectivity index (χ0n) is 11.2. The quantitative estimate of drug-likeness (QED) is 0.668.